The molecule has 1 aromatic rings. The van der Waals surface area contributed by atoms with Crippen LogP contribution in [0.5, 0.6) is 0 Å². The Morgan fingerprint density at radius 1 is 1.47 bits per heavy atom. The molecule has 0 aliphatic carbocycles. The Morgan fingerprint density at radius 3 is 2.60 bits per heavy atom. The monoisotopic (exact) mass is 243 g/mol. The average Bonchev–Trinajstić information content (AvgIpc) is 2.60. The zero-order valence-corrected chi connectivity index (χ0v) is 8.18. The first-order valence-electron chi connectivity index (χ1n) is 3.83. The predicted molar refractivity (Wildman–Crippen MR) is 45.0 cm³/mol. The summed E-state index contributed by atoms with van der Waals surface area (Å²) in [5, 5.41) is 15.5. The van der Waals surface area contributed by atoms with E-state index < -0.39 is 18.0 Å². The normalized spacial score (nSPS) is 14.2. The summed E-state index contributed by atoms with van der Waals surface area (Å²) >= 11 is 0.626. The number of hydrogen-bond donors (Lipinski definition) is 2. The number of alkyl halides is 3. The van der Waals surface area contributed by atoms with Crippen molar-refractivity contribution in [2.45, 2.75) is 24.0 Å². The van der Waals surface area contributed by atoms with Gasteiger partial charge in [0.25, 0.3) is 5.22 Å². The molecule has 0 aromatic carbocycles. The van der Waals surface area contributed by atoms with Crippen LogP contribution >= 0.6 is 11.8 Å². The van der Waals surface area contributed by atoms with Gasteiger partial charge in [-0.25, -0.2) is 0 Å². The van der Waals surface area contributed by atoms with E-state index >= 15 is 0 Å². The molecule has 15 heavy (non-hydrogen) atoms. The van der Waals surface area contributed by atoms with E-state index in [1.165, 1.54) is 0 Å². The van der Waals surface area contributed by atoms with E-state index in [4.69, 9.17) is 15.3 Å². The number of nitrogens with zero attached hydrogens (tertiary/aromatic N) is 2. The Morgan fingerprint density at radius 2 is 2.13 bits per heavy atom. The van der Waals surface area contributed by atoms with Crippen molar-refractivity contribution in [2.24, 2.45) is 5.73 Å². The average molecular weight is 243 g/mol. The van der Waals surface area contributed by atoms with E-state index in [9.17, 15) is 13.2 Å². The maximum absolute atomic E-state index is 11.9. The number of halogens is 3. The lowest BCUT2D eigenvalue weighted by molar-refractivity contribution is -0.195. The fourth-order valence-corrected chi connectivity index (χ4v) is 1.37. The van der Waals surface area contributed by atoms with Crippen molar-refractivity contribution in [3.63, 3.8) is 0 Å². The second-order valence-electron chi connectivity index (χ2n) is 2.53. The Hall–Kier alpha value is -0.800. The molecule has 0 aliphatic heterocycles. The van der Waals surface area contributed by atoms with Gasteiger partial charge in [0.15, 0.2) is 6.10 Å². The number of thioether (sulfide) groups is 1. The zero-order chi connectivity index (χ0) is 11.5. The number of aliphatic hydroxyl groups excluding tert-OH is 1. The van der Waals surface area contributed by atoms with E-state index in [0.29, 0.717) is 11.8 Å². The maximum Gasteiger partial charge on any atom is 0.415 e. The minimum absolute atomic E-state index is 0.0232. The molecule has 0 spiro atoms. The van der Waals surface area contributed by atoms with Crippen LogP contribution in [-0.4, -0.2) is 33.3 Å². The number of nitrogens with two attached hydrogens (primary N) is 1. The molecular formula is C6H8F3N3O2S. The van der Waals surface area contributed by atoms with Crippen LogP contribution in [0.15, 0.2) is 9.64 Å². The van der Waals surface area contributed by atoms with Crippen LogP contribution in [0, 0.1) is 0 Å². The van der Waals surface area contributed by atoms with E-state index in [0.717, 1.165) is 0 Å². The summed E-state index contributed by atoms with van der Waals surface area (Å²) in [6.45, 7) is 0.0232. The number of rotatable bonds is 4. The van der Waals surface area contributed by atoms with Gasteiger partial charge in [-0.1, -0.05) is 11.8 Å². The van der Waals surface area contributed by atoms with Gasteiger partial charge in [-0.3, -0.25) is 0 Å². The van der Waals surface area contributed by atoms with Gasteiger partial charge >= 0.3 is 6.18 Å². The molecule has 1 rings (SSSR count). The van der Waals surface area contributed by atoms with Crippen LogP contribution < -0.4 is 5.73 Å². The molecule has 86 valence electrons. The summed E-state index contributed by atoms with van der Waals surface area (Å²) in [5.41, 5.74) is 5.15. The fourth-order valence-electron chi connectivity index (χ4n) is 0.624. The molecule has 0 fully saturated rings. The van der Waals surface area contributed by atoms with Gasteiger partial charge in [-0.2, -0.15) is 13.2 Å². The van der Waals surface area contributed by atoms with Crippen LogP contribution in [0.1, 0.15) is 5.89 Å². The first-order chi connectivity index (χ1) is 6.93. The standard InChI is InChI=1S/C6H8F3N3O2S/c7-6(8,9)3(13)2-15-5-12-11-4(1-10)14-5/h3,13H,1-2,10H2. The first-order valence-corrected chi connectivity index (χ1v) is 4.82. The molecule has 3 N–H and O–H groups in total. The third-order valence-electron chi connectivity index (χ3n) is 1.37. The highest BCUT2D eigenvalue weighted by Crippen LogP contribution is 2.25. The third-order valence-corrected chi connectivity index (χ3v) is 2.26. The molecule has 1 unspecified atom stereocenters. The summed E-state index contributed by atoms with van der Waals surface area (Å²) in [4.78, 5) is 0. The largest absolute Gasteiger partial charge is 0.415 e. The smallest absolute Gasteiger partial charge is 0.415 e. The quantitative estimate of drug-likeness (QED) is 0.751. The van der Waals surface area contributed by atoms with Gasteiger partial charge in [0.1, 0.15) is 0 Å². The second kappa shape index (κ2) is 4.81. The summed E-state index contributed by atoms with van der Waals surface area (Å²) in [6, 6.07) is 0. The molecule has 0 saturated heterocycles. The van der Waals surface area contributed by atoms with Crippen molar-refractivity contribution in [2.75, 3.05) is 5.75 Å². The first kappa shape index (κ1) is 12.3. The molecule has 1 heterocycles. The Bertz CT molecular complexity index is 317. The lowest BCUT2D eigenvalue weighted by Crippen LogP contribution is -2.30. The molecule has 9 heteroatoms. The molecular weight excluding hydrogens is 235 g/mol. The van der Waals surface area contributed by atoms with Gasteiger partial charge < -0.3 is 15.3 Å². The zero-order valence-electron chi connectivity index (χ0n) is 7.36. The highest BCUT2D eigenvalue weighted by atomic mass is 32.2. The molecule has 0 aliphatic rings. The van der Waals surface area contributed by atoms with E-state index in [1.54, 1.807) is 0 Å². The van der Waals surface area contributed by atoms with Gasteiger partial charge in [0.2, 0.25) is 5.89 Å². The number of hydrogen-bond acceptors (Lipinski definition) is 6. The number of aromatic nitrogens is 2. The van der Waals surface area contributed by atoms with Crippen molar-refractivity contribution >= 4 is 11.8 Å². The lowest BCUT2D eigenvalue weighted by Gasteiger charge is -2.12. The Labute approximate surface area is 86.8 Å². The summed E-state index contributed by atoms with van der Waals surface area (Å²) < 4.78 is 40.5. The minimum atomic E-state index is -4.64. The summed E-state index contributed by atoms with van der Waals surface area (Å²) in [7, 11) is 0. The van der Waals surface area contributed by atoms with Gasteiger partial charge in [-0.05, 0) is 0 Å². The van der Waals surface area contributed by atoms with E-state index in [1.807, 2.05) is 0 Å². The minimum Gasteiger partial charge on any atom is -0.415 e. The molecule has 0 amide bonds. The van der Waals surface area contributed by atoms with Gasteiger partial charge in [0.05, 0.1) is 6.54 Å². The third kappa shape index (κ3) is 3.68. The Kier molecular flexibility index (Phi) is 3.94. The highest BCUT2D eigenvalue weighted by molar-refractivity contribution is 7.99. The van der Waals surface area contributed by atoms with Crippen molar-refractivity contribution in [1.82, 2.24) is 10.2 Å². The predicted octanol–water partition coefficient (Wildman–Crippen LogP) is 0.544. The Balaban J connectivity index is 2.43. The van der Waals surface area contributed by atoms with Gasteiger partial charge in [-0.15, -0.1) is 10.2 Å². The van der Waals surface area contributed by atoms with Crippen molar-refractivity contribution in [3.8, 4) is 0 Å². The van der Waals surface area contributed by atoms with Crippen LogP contribution in [0.25, 0.3) is 0 Å². The molecule has 0 bridgehead atoms. The topological polar surface area (TPSA) is 85.2 Å². The van der Waals surface area contributed by atoms with Crippen LogP contribution in [0.3, 0.4) is 0 Å². The van der Waals surface area contributed by atoms with Crippen molar-refractivity contribution in [1.29, 1.82) is 0 Å². The molecule has 1 aromatic heterocycles. The van der Waals surface area contributed by atoms with Crippen LogP contribution in [-0.2, 0) is 6.54 Å². The van der Waals surface area contributed by atoms with Crippen LogP contribution in [0.2, 0.25) is 0 Å². The van der Waals surface area contributed by atoms with Crippen molar-refractivity contribution < 1.29 is 22.7 Å². The molecule has 0 saturated carbocycles. The van der Waals surface area contributed by atoms with Gasteiger partial charge in [0, 0.05) is 5.75 Å². The SMILES string of the molecule is NCc1nnc(SCC(O)C(F)(F)F)o1. The number of aliphatic hydroxyl groups is 1. The molecule has 5 nitrogen and oxygen atoms in total. The summed E-state index contributed by atoms with van der Waals surface area (Å²) in [6.07, 6.45) is -7.04. The molecule has 0 radical (unpaired) electrons. The van der Waals surface area contributed by atoms with Crippen LogP contribution in [0.4, 0.5) is 13.2 Å². The summed E-state index contributed by atoms with van der Waals surface area (Å²) in [5.74, 6) is -0.450. The lowest BCUT2D eigenvalue weighted by atomic mass is 10.4. The molecule has 1 atom stereocenters. The van der Waals surface area contributed by atoms with Crippen molar-refractivity contribution in [3.05, 3.63) is 5.89 Å². The second-order valence-corrected chi connectivity index (χ2v) is 3.51. The van der Waals surface area contributed by atoms with E-state index in [2.05, 4.69) is 10.2 Å². The fraction of sp³-hybridized carbons (Fsp3) is 0.667. The van der Waals surface area contributed by atoms with E-state index in [-0.39, 0.29) is 17.7 Å². The highest BCUT2D eigenvalue weighted by Gasteiger charge is 2.38. The maximum atomic E-state index is 11.9.